The summed E-state index contributed by atoms with van der Waals surface area (Å²) in [6, 6.07) is 4.86. The molecule has 4 nitrogen and oxygen atoms in total. The van der Waals surface area contributed by atoms with Gasteiger partial charge < -0.3 is 15.4 Å². The molecule has 26 heavy (non-hydrogen) atoms. The highest BCUT2D eigenvalue weighted by Gasteiger charge is 2.30. The molecule has 0 aliphatic rings. The van der Waals surface area contributed by atoms with Crippen LogP contribution in [0.15, 0.2) is 29.3 Å². The Morgan fingerprint density at radius 2 is 1.85 bits per heavy atom. The molecule has 148 valence electrons. The third kappa shape index (κ3) is 9.50. The molecular weight excluding hydrogens is 364 g/mol. The van der Waals surface area contributed by atoms with Gasteiger partial charge in [-0.3, -0.25) is 0 Å². The van der Waals surface area contributed by atoms with Gasteiger partial charge in [-0.15, -0.1) is 0 Å². The Balaban J connectivity index is 2.48. The van der Waals surface area contributed by atoms with Crippen molar-refractivity contribution in [3.05, 3.63) is 35.4 Å². The SMILES string of the molecule is CCNC(=NCc1cccc(C(F)(F)F)c1)NCCCOCC(F)(F)F. The zero-order valence-corrected chi connectivity index (χ0v) is 14.2. The van der Waals surface area contributed by atoms with E-state index >= 15 is 0 Å². The van der Waals surface area contributed by atoms with E-state index < -0.39 is 24.5 Å². The molecule has 0 bridgehead atoms. The number of rotatable bonds is 8. The maximum absolute atomic E-state index is 12.7. The lowest BCUT2D eigenvalue weighted by Crippen LogP contribution is -2.38. The van der Waals surface area contributed by atoms with E-state index in [2.05, 4.69) is 20.4 Å². The van der Waals surface area contributed by atoms with Crippen LogP contribution in [-0.2, 0) is 17.5 Å². The van der Waals surface area contributed by atoms with Gasteiger partial charge in [0.25, 0.3) is 0 Å². The summed E-state index contributed by atoms with van der Waals surface area (Å²) in [5.74, 6) is 0.362. The van der Waals surface area contributed by atoms with Crippen molar-refractivity contribution < 1.29 is 31.1 Å². The number of halogens is 6. The fraction of sp³-hybridized carbons (Fsp3) is 0.562. The van der Waals surface area contributed by atoms with Gasteiger partial charge in [0, 0.05) is 19.7 Å². The molecule has 0 aliphatic heterocycles. The number of nitrogens with one attached hydrogen (secondary N) is 2. The third-order valence-corrected chi connectivity index (χ3v) is 3.04. The van der Waals surface area contributed by atoms with Gasteiger partial charge in [0.2, 0.25) is 0 Å². The van der Waals surface area contributed by atoms with Crippen LogP contribution in [0.2, 0.25) is 0 Å². The number of alkyl halides is 6. The van der Waals surface area contributed by atoms with E-state index in [0.29, 0.717) is 31.0 Å². The highest BCUT2D eigenvalue weighted by molar-refractivity contribution is 5.79. The number of ether oxygens (including phenoxy) is 1. The molecule has 0 fully saturated rings. The summed E-state index contributed by atoms with van der Waals surface area (Å²) in [4.78, 5) is 4.17. The smallest absolute Gasteiger partial charge is 0.372 e. The summed E-state index contributed by atoms with van der Waals surface area (Å²) in [5.41, 5.74) is -0.351. The summed E-state index contributed by atoms with van der Waals surface area (Å²) >= 11 is 0. The first-order valence-corrected chi connectivity index (χ1v) is 7.94. The van der Waals surface area contributed by atoms with Crippen molar-refractivity contribution in [2.45, 2.75) is 32.2 Å². The standard InChI is InChI=1S/C16H21F6N3O/c1-2-23-14(24-7-4-8-26-11-15(17,18)19)25-10-12-5-3-6-13(9-12)16(20,21)22/h3,5-6,9H,2,4,7-8,10-11H2,1H3,(H2,23,24,25). The van der Waals surface area contributed by atoms with Gasteiger partial charge in [-0.1, -0.05) is 12.1 Å². The van der Waals surface area contributed by atoms with E-state index in [1.807, 2.05) is 6.92 Å². The molecule has 0 aliphatic carbocycles. The molecule has 0 unspecified atom stereocenters. The van der Waals surface area contributed by atoms with Gasteiger partial charge in [-0.2, -0.15) is 26.3 Å². The first-order chi connectivity index (χ1) is 12.1. The van der Waals surface area contributed by atoms with E-state index in [0.717, 1.165) is 12.1 Å². The topological polar surface area (TPSA) is 45.7 Å². The van der Waals surface area contributed by atoms with Crippen LogP contribution < -0.4 is 10.6 Å². The number of hydrogen-bond donors (Lipinski definition) is 2. The Hall–Kier alpha value is -1.97. The number of guanidine groups is 1. The highest BCUT2D eigenvalue weighted by atomic mass is 19.4. The predicted octanol–water partition coefficient (Wildman–Crippen LogP) is 3.73. The fourth-order valence-corrected chi connectivity index (χ4v) is 1.93. The second-order valence-corrected chi connectivity index (χ2v) is 5.34. The highest BCUT2D eigenvalue weighted by Crippen LogP contribution is 2.29. The van der Waals surface area contributed by atoms with Gasteiger partial charge in [0.1, 0.15) is 6.61 Å². The lowest BCUT2D eigenvalue weighted by atomic mass is 10.1. The van der Waals surface area contributed by atoms with Crippen molar-refractivity contribution in [3.8, 4) is 0 Å². The van der Waals surface area contributed by atoms with E-state index in [9.17, 15) is 26.3 Å². The molecule has 0 heterocycles. The minimum absolute atomic E-state index is 0.0316. The molecule has 1 aromatic rings. The van der Waals surface area contributed by atoms with Gasteiger partial charge >= 0.3 is 12.4 Å². The van der Waals surface area contributed by atoms with Crippen LogP contribution >= 0.6 is 0 Å². The second kappa shape index (κ2) is 10.2. The van der Waals surface area contributed by atoms with Crippen LogP contribution in [0.25, 0.3) is 0 Å². The average molecular weight is 385 g/mol. The zero-order valence-electron chi connectivity index (χ0n) is 14.2. The maximum atomic E-state index is 12.7. The van der Waals surface area contributed by atoms with Crippen molar-refractivity contribution in [1.29, 1.82) is 0 Å². The van der Waals surface area contributed by atoms with Crippen LogP contribution in [-0.4, -0.2) is 38.4 Å². The zero-order chi connectivity index (χ0) is 19.6. The normalized spacial score (nSPS) is 13.0. The molecule has 0 spiro atoms. The number of aliphatic imine (C=N–C) groups is 1. The first kappa shape index (κ1) is 22.1. The average Bonchev–Trinajstić information content (AvgIpc) is 2.54. The van der Waals surface area contributed by atoms with Gasteiger partial charge in [0.15, 0.2) is 5.96 Å². The molecule has 2 N–H and O–H groups in total. The summed E-state index contributed by atoms with van der Waals surface area (Å²) in [6.45, 7) is 1.32. The van der Waals surface area contributed by atoms with Gasteiger partial charge in [0.05, 0.1) is 12.1 Å². The van der Waals surface area contributed by atoms with Crippen LogP contribution in [0.3, 0.4) is 0 Å². The molecule has 0 amide bonds. The summed E-state index contributed by atoms with van der Waals surface area (Å²) in [6.07, 6.45) is -8.45. The van der Waals surface area contributed by atoms with Crippen molar-refractivity contribution in [3.63, 3.8) is 0 Å². The van der Waals surface area contributed by atoms with Gasteiger partial charge in [-0.05, 0) is 31.0 Å². The van der Waals surface area contributed by atoms with Crippen LogP contribution in [0.5, 0.6) is 0 Å². The Labute approximate surface area is 147 Å². The Morgan fingerprint density at radius 1 is 1.12 bits per heavy atom. The monoisotopic (exact) mass is 385 g/mol. The van der Waals surface area contributed by atoms with Crippen LogP contribution in [0.4, 0.5) is 26.3 Å². The number of hydrogen-bond acceptors (Lipinski definition) is 2. The molecule has 10 heteroatoms. The van der Waals surface area contributed by atoms with Crippen LogP contribution in [0, 0.1) is 0 Å². The summed E-state index contributed by atoms with van der Waals surface area (Å²) in [7, 11) is 0. The van der Waals surface area contributed by atoms with Crippen molar-refractivity contribution in [1.82, 2.24) is 10.6 Å². The molecule has 1 rings (SSSR count). The summed E-state index contributed by atoms with van der Waals surface area (Å²) < 4.78 is 78.3. The number of benzene rings is 1. The molecule has 0 saturated heterocycles. The number of nitrogens with zero attached hydrogens (tertiary/aromatic N) is 1. The second-order valence-electron chi connectivity index (χ2n) is 5.34. The quantitative estimate of drug-likeness (QED) is 0.310. The molecule has 1 aromatic carbocycles. The summed E-state index contributed by atoms with van der Waals surface area (Å²) in [5, 5.41) is 5.80. The lowest BCUT2D eigenvalue weighted by Gasteiger charge is -2.12. The van der Waals surface area contributed by atoms with E-state index in [1.165, 1.54) is 12.1 Å². The first-order valence-electron chi connectivity index (χ1n) is 7.94. The fourth-order valence-electron chi connectivity index (χ4n) is 1.93. The molecule has 0 radical (unpaired) electrons. The predicted molar refractivity (Wildman–Crippen MR) is 85.8 cm³/mol. The van der Waals surface area contributed by atoms with E-state index in [-0.39, 0.29) is 13.2 Å². The Bertz CT molecular complexity index is 572. The Kier molecular flexibility index (Phi) is 8.70. The van der Waals surface area contributed by atoms with Crippen molar-refractivity contribution in [2.24, 2.45) is 4.99 Å². The molecule has 0 atom stereocenters. The Morgan fingerprint density at radius 3 is 2.46 bits per heavy atom. The molecule has 0 saturated carbocycles. The minimum atomic E-state index is -4.42. The lowest BCUT2D eigenvalue weighted by molar-refractivity contribution is -0.173. The van der Waals surface area contributed by atoms with Crippen molar-refractivity contribution in [2.75, 3.05) is 26.3 Å². The largest absolute Gasteiger partial charge is 0.416 e. The van der Waals surface area contributed by atoms with E-state index in [1.54, 1.807) is 0 Å². The van der Waals surface area contributed by atoms with E-state index in [4.69, 9.17) is 0 Å². The maximum Gasteiger partial charge on any atom is 0.416 e. The van der Waals surface area contributed by atoms with Gasteiger partial charge in [-0.25, -0.2) is 4.99 Å². The van der Waals surface area contributed by atoms with Crippen LogP contribution in [0.1, 0.15) is 24.5 Å². The molecular formula is C16H21F6N3O. The third-order valence-electron chi connectivity index (χ3n) is 3.04. The van der Waals surface area contributed by atoms with Crippen molar-refractivity contribution >= 4 is 5.96 Å². The minimum Gasteiger partial charge on any atom is -0.372 e. The molecule has 0 aromatic heterocycles.